The number of benzene rings is 6. The predicted octanol–water partition coefficient (Wildman–Crippen LogP) is 8.99. The molecule has 0 radical (unpaired) electrons. The second-order valence-corrected chi connectivity index (χ2v) is 17.9. The van der Waals surface area contributed by atoms with Crippen molar-refractivity contribution in [2.75, 3.05) is 0 Å². The molecule has 4 aromatic heterocycles. The van der Waals surface area contributed by atoms with Gasteiger partial charge < -0.3 is 0 Å². The van der Waals surface area contributed by atoms with Crippen LogP contribution >= 0.6 is 11.3 Å². The third kappa shape index (κ3) is 4.63. The number of aromatic nitrogens is 3. The maximum atomic E-state index is 4.93. The van der Waals surface area contributed by atoms with Crippen LogP contribution in [0.2, 0.25) is 0 Å². The van der Waals surface area contributed by atoms with Crippen LogP contribution in [0.4, 0.5) is 0 Å². The summed E-state index contributed by atoms with van der Waals surface area (Å²) < 4.78 is 4.98. The number of fused-ring (bicyclic) bond motifs is 7. The van der Waals surface area contributed by atoms with E-state index in [-0.39, 0.29) is 0 Å². The maximum Gasteiger partial charge on any atom is 0.179 e. The Kier molecular flexibility index (Phi) is 7.01. The minimum Gasteiger partial charge on any atom is -0.294 e. The SMILES string of the molecule is c1ccc([Si](c2ccccc2)(c2cccc(-c3ccccn3)c2)c2ccc3c4c5c(ccc4n(-c4ccccn4)c3c2)sc2ccccc25)cc1. The molecule has 10 rings (SSSR count). The molecule has 6 aromatic carbocycles. The predicted molar refractivity (Wildman–Crippen MR) is 218 cm³/mol. The van der Waals surface area contributed by atoms with Gasteiger partial charge in [-0.1, -0.05) is 127 Å². The molecule has 0 amide bonds. The summed E-state index contributed by atoms with van der Waals surface area (Å²) in [6.07, 6.45) is 3.77. The summed E-state index contributed by atoms with van der Waals surface area (Å²) in [6.45, 7) is 0. The fourth-order valence-corrected chi connectivity index (χ4v) is 14.0. The first-order valence-electron chi connectivity index (χ1n) is 17.2. The second kappa shape index (κ2) is 12.0. The Morgan fingerprint density at radius 1 is 0.431 bits per heavy atom. The van der Waals surface area contributed by atoms with Gasteiger partial charge in [0.15, 0.2) is 8.07 Å². The monoisotopic (exact) mass is 685 g/mol. The van der Waals surface area contributed by atoms with Crippen LogP contribution in [0.15, 0.2) is 188 Å². The Bertz CT molecular complexity index is 2810. The van der Waals surface area contributed by atoms with Crippen molar-refractivity contribution in [3.05, 3.63) is 188 Å². The summed E-state index contributed by atoms with van der Waals surface area (Å²) in [5.74, 6) is 0.914. The number of rotatable bonds is 6. The highest BCUT2D eigenvalue weighted by atomic mass is 32.1. The number of hydrogen-bond acceptors (Lipinski definition) is 3. The van der Waals surface area contributed by atoms with Gasteiger partial charge in [-0.15, -0.1) is 11.3 Å². The normalized spacial score (nSPS) is 11.9. The summed E-state index contributed by atoms with van der Waals surface area (Å²) in [6, 6.07) is 64.4. The zero-order valence-corrected chi connectivity index (χ0v) is 29.5. The molecule has 10 aromatic rings. The Morgan fingerprint density at radius 2 is 1.12 bits per heavy atom. The smallest absolute Gasteiger partial charge is 0.179 e. The van der Waals surface area contributed by atoms with Crippen molar-refractivity contribution in [2.45, 2.75) is 0 Å². The maximum absolute atomic E-state index is 4.93. The zero-order valence-electron chi connectivity index (χ0n) is 27.6. The summed E-state index contributed by atoms with van der Waals surface area (Å²) in [7, 11) is -2.90. The fourth-order valence-electron chi connectivity index (χ4n) is 8.11. The molecule has 4 heterocycles. The molecule has 0 aliphatic heterocycles. The van der Waals surface area contributed by atoms with Crippen molar-refractivity contribution < 1.29 is 0 Å². The van der Waals surface area contributed by atoms with Crippen LogP contribution in [-0.4, -0.2) is 22.6 Å². The van der Waals surface area contributed by atoms with Crippen LogP contribution in [0.25, 0.3) is 59.1 Å². The Morgan fingerprint density at radius 3 is 1.86 bits per heavy atom. The van der Waals surface area contributed by atoms with Gasteiger partial charge in [0.05, 0.1) is 16.7 Å². The van der Waals surface area contributed by atoms with E-state index >= 15 is 0 Å². The minimum atomic E-state index is -2.90. The summed E-state index contributed by atoms with van der Waals surface area (Å²) in [5.41, 5.74) is 4.42. The zero-order chi connectivity index (χ0) is 33.8. The summed E-state index contributed by atoms with van der Waals surface area (Å²) >= 11 is 1.87. The summed E-state index contributed by atoms with van der Waals surface area (Å²) in [5, 5.41) is 10.4. The van der Waals surface area contributed by atoms with Crippen LogP contribution in [-0.2, 0) is 0 Å². The number of thiophene rings is 1. The van der Waals surface area contributed by atoms with E-state index in [1.54, 1.807) is 0 Å². The highest BCUT2D eigenvalue weighted by Crippen LogP contribution is 2.43. The molecule has 51 heavy (non-hydrogen) atoms. The van der Waals surface area contributed by atoms with Gasteiger partial charge in [-0.3, -0.25) is 9.55 Å². The van der Waals surface area contributed by atoms with Gasteiger partial charge >= 0.3 is 0 Å². The number of pyridine rings is 2. The standard InChI is InChI=1S/C46H31N3SSi/c1-3-15-33(16-4-1)51(34-17-5-2-6-18-34,35-19-13-14-32(30-35)39-21-9-11-28-47-39)36-24-25-37-41(31-36)49(44-23-10-12-29-48-44)40-26-27-43-46(45(37)40)38-20-7-8-22-42(38)50-43/h1-31H. The van der Waals surface area contributed by atoms with Crippen LogP contribution < -0.4 is 20.7 Å². The van der Waals surface area contributed by atoms with E-state index in [2.05, 4.69) is 168 Å². The van der Waals surface area contributed by atoms with E-state index < -0.39 is 8.07 Å². The fraction of sp³-hybridized carbons (Fsp3) is 0. The Labute approximate surface area is 300 Å². The molecule has 0 atom stereocenters. The lowest BCUT2D eigenvalue weighted by atomic mass is 10.1. The Balaban J connectivity index is 1.35. The van der Waals surface area contributed by atoms with Crippen molar-refractivity contribution in [1.29, 1.82) is 0 Å². The van der Waals surface area contributed by atoms with Gasteiger partial charge in [0.2, 0.25) is 0 Å². The largest absolute Gasteiger partial charge is 0.294 e. The van der Waals surface area contributed by atoms with E-state index in [0.717, 1.165) is 22.6 Å². The molecule has 0 saturated heterocycles. The molecule has 0 saturated carbocycles. The first-order valence-corrected chi connectivity index (χ1v) is 20.1. The van der Waals surface area contributed by atoms with Crippen molar-refractivity contribution in [3.63, 3.8) is 0 Å². The minimum absolute atomic E-state index is 0.914. The molecule has 0 aliphatic carbocycles. The van der Waals surface area contributed by atoms with E-state index in [9.17, 15) is 0 Å². The topological polar surface area (TPSA) is 30.7 Å². The van der Waals surface area contributed by atoms with Crippen molar-refractivity contribution in [1.82, 2.24) is 14.5 Å². The number of nitrogens with zero attached hydrogens (tertiary/aromatic N) is 3. The van der Waals surface area contributed by atoms with Crippen LogP contribution in [0.1, 0.15) is 0 Å². The van der Waals surface area contributed by atoms with Gasteiger partial charge in [-0.05, 0) is 69.3 Å². The van der Waals surface area contributed by atoms with Crippen molar-refractivity contribution in [3.8, 4) is 17.1 Å². The highest BCUT2D eigenvalue weighted by molar-refractivity contribution is 7.26. The van der Waals surface area contributed by atoms with Gasteiger partial charge in [0.25, 0.3) is 0 Å². The van der Waals surface area contributed by atoms with E-state index in [0.29, 0.717) is 0 Å². The van der Waals surface area contributed by atoms with Crippen LogP contribution in [0, 0.1) is 0 Å². The molecule has 0 aliphatic rings. The quantitative estimate of drug-likeness (QED) is 0.129. The first kappa shape index (κ1) is 29.7. The molecular formula is C46H31N3SSi. The third-order valence-corrected chi connectivity index (χ3v) is 16.1. The van der Waals surface area contributed by atoms with Gasteiger partial charge in [-0.25, -0.2) is 4.98 Å². The van der Waals surface area contributed by atoms with E-state index in [1.165, 1.54) is 57.2 Å². The molecular weight excluding hydrogens is 655 g/mol. The van der Waals surface area contributed by atoms with Crippen molar-refractivity contribution in [2.24, 2.45) is 0 Å². The summed E-state index contributed by atoms with van der Waals surface area (Å²) in [4.78, 5) is 9.68. The van der Waals surface area contributed by atoms with E-state index in [4.69, 9.17) is 9.97 Å². The average Bonchev–Trinajstić information content (AvgIpc) is 3.75. The second-order valence-electron chi connectivity index (χ2n) is 13.0. The third-order valence-electron chi connectivity index (χ3n) is 10.3. The molecule has 3 nitrogen and oxygen atoms in total. The van der Waals surface area contributed by atoms with E-state index in [1.807, 2.05) is 35.9 Å². The average molecular weight is 686 g/mol. The Hall–Kier alpha value is -6.14. The molecule has 0 unspecified atom stereocenters. The van der Waals surface area contributed by atoms with Crippen LogP contribution in [0.5, 0.6) is 0 Å². The van der Waals surface area contributed by atoms with Gasteiger partial charge in [0, 0.05) is 48.9 Å². The lowest BCUT2D eigenvalue weighted by Gasteiger charge is -2.34. The molecule has 5 heteroatoms. The van der Waals surface area contributed by atoms with Crippen LogP contribution in [0.3, 0.4) is 0 Å². The number of hydrogen-bond donors (Lipinski definition) is 0. The molecule has 0 spiro atoms. The van der Waals surface area contributed by atoms with Crippen molar-refractivity contribution >= 4 is 82.1 Å². The molecule has 0 bridgehead atoms. The molecule has 0 fully saturated rings. The van der Waals surface area contributed by atoms with Gasteiger partial charge in [-0.2, -0.15) is 0 Å². The first-order chi connectivity index (χ1) is 25.3. The highest BCUT2D eigenvalue weighted by Gasteiger charge is 2.42. The lowest BCUT2D eigenvalue weighted by molar-refractivity contribution is 1.08. The molecule has 240 valence electrons. The lowest BCUT2D eigenvalue weighted by Crippen LogP contribution is -2.74. The van der Waals surface area contributed by atoms with Gasteiger partial charge in [0.1, 0.15) is 5.82 Å². The molecule has 0 N–H and O–H groups in total.